The monoisotopic (exact) mass is 337 g/mol. The summed E-state index contributed by atoms with van der Waals surface area (Å²) < 4.78 is 10.7. The molecule has 7 heteroatoms. The third-order valence-corrected chi connectivity index (χ3v) is 3.25. The molecule has 0 atom stereocenters. The third kappa shape index (κ3) is 5.15. The molecule has 0 saturated carbocycles. The first kappa shape index (κ1) is 16.7. The molecule has 0 aliphatic heterocycles. The molecule has 0 aliphatic carbocycles. The van der Waals surface area contributed by atoms with Crippen molar-refractivity contribution < 1.29 is 9.47 Å². The lowest BCUT2D eigenvalue weighted by molar-refractivity contribution is 0.210. The topological polar surface area (TPSA) is 81.2 Å². The zero-order valence-corrected chi connectivity index (χ0v) is 13.8. The summed E-state index contributed by atoms with van der Waals surface area (Å²) >= 11 is 0. The van der Waals surface area contributed by atoms with Gasteiger partial charge in [0.1, 0.15) is 11.5 Å². The first-order valence-corrected chi connectivity index (χ1v) is 7.86. The van der Waals surface area contributed by atoms with Crippen LogP contribution in [-0.2, 0) is 4.74 Å². The van der Waals surface area contributed by atoms with Crippen molar-refractivity contribution >= 4 is 17.5 Å². The summed E-state index contributed by atoms with van der Waals surface area (Å²) in [4.78, 5) is 4.35. The van der Waals surface area contributed by atoms with Crippen LogP contribution < -0.4 is 15.4 Å². The van der Waals surface area contributed by atoms with Crippen molar-refractivity contribution in [1.29, 1.82) is 0 Å². The molecule has 0 aliphatic rings. The second-order valence-electron chi connectivity index (χ2n) is 5.15. The van der Waals surface area contributed by atoms with Crippen molar-refractivity contribution in [3.05, 3.63) is 60.8 Å². The van der Waals surface area contributed by atoms with Crippen LogP contribution in [0.25, 0.3) is 0 Å². The van der Waals surface area contributed by atoms with Crippen LogP contribution in [0.2, 0.25) is 0 Å². The van der Waals surface area contributed by atoms with Gasteiger partial charge in [0, 0.05) is 19.3 Å². The van der Waals surface area contributed by atoms with Gasteiger partial charge < -0.3 is 20.1 Å². The molecule has 1 aromatic heterocycles. The van der Waals surface area contributed by atoms with E-state index in [-0.39, 0.29) is 0 Å². The molecule has 0 bridgehead atoms. The quantitative estimate of drug-likeness (QED) is 0.609. The standard InChI is InChI=1S/C18H19N5O2/c1-24-12-11-19-18-22-17(13-20-23-18)21-14-7-9-16(10-8-14)25-15-5-3-2-4-6-15/h2-10,13H,11-12H2,1H3,(H2,19,21,22,23). The minimum Gasteiger partial charge on any atom is -0.457 e. The number of methoxy groups -OCH3 is 1. The Morgan fingerprint density at radius 1 is 0.960 bits per heavy atom. The average Bonchev–Trinajstić information content (AvgIpc) is 2.65. The number of rotatable bonds is 8. The van der Waals surface area contributed by atoms with Crippen LogP contribution in [0.1, 0.15) is 0 Å². The highest BCUT2D eigenvalue weighted by atomic mass is 16.5. The first-order valence-electron chi connectivity index (χ1n) is 7.86. The third-order valence-electron chi connectivity index (χ3n) is 3.25. The van der Waals surface area contributed by atoms with Crippen molar-refractivity contribution in [2.45, 2.75) is 0 Å². The van der Waals surface area contributed by atoms with Gasteiger partial charge in [0.15, 0.2) is 5.82 Å². The normalized spacial score (nSPS) is 10.3. The predicted octanol–water partition coefficient (Wildman–Crippen LogP) is 3.47. The minimum atomic E-state index is 0.450. The van der Waals surface area contributed by atoms with Gasteiger partial charge in [0.2, 0.25) is 5.95 Å². The second-order valence-corrected chi connectivity index (χ2v) is 5.15. The van der Waals surface area contributed by atoms with Gasteiger partial charge >= 0.3 is 0 Å². The average molecular weight is 337 g/mol. The molecule has 3 aromatic rings. The van der Waals surface area contributed by atoms with Crippen molar-refractivity contribution in [2.75, 3.05) is 30.9 Å². The van der Waals surface area contributed by atoms with Crippen LogP contribution in [0, 0.1) is 0 Å². The zero-order chi connectivity index (χ0) is 17.3. The molecule has 3 rings (SSSR count). The second kappa shape index (κ2) is 8.60. The van der Waals surface area contributed by atoms with Crippen LogP contribution >= 0.6 is 0 Å². The fourth-order valence-electron chi connectivity index (χ4n) is 2.08. The maximum Gasteiger partial charge on any atom is 0.244 e. The van der Waals surface area contributed by atoms with Crippen molar-refractivity contribution in [3.8, 4) is 11.5 Å². The van der Waals surface area contributed by atoms with Crippen LogP contribution in [0.15, 0.2) is 60.8 Å². The Labute approximate surface area is 146 Å². The first-order chi connectivity index (χ1) is 12.3. The molecule has 0 saturated heterocycles. The summed E-state index contributed by atoms with van der Waals surface area (Å²) in [5.41, 5.74) is 0.878. The molecule has 128 valence electrons. The molecule has 0 unspecified atom stereocenters. The summed E-state index contributed by atoms with van der Waals surface area (Å²) in [5.74, 6) is 2.62. The summed E-state index contributed by atoms with van der Waals surface area (Å²) in [6, 6.07) is 17.3. The molecule has 0 amide bonds. The smallest absolute Gasteiger partial charge is 0.244 e. The van der Waals surface area contributed by atoms with Gasteiger partial charge in [-0.3, -0.25) is 0 Å². The van der Waals surface area contributed by atoms with Crippen LogP contribution in [0.5, 0.6) is 11.5 Å². The van der Waals surface area contributed by atoms with Crippen LogP contribution in [0.4, 0.5) is 17.5 Å². The molecule has 7 nitrogen and oxygen atoms in total. The van der Waals surface area contributed by atoms with Gasteiger partial charge in [-0.25, -0.2) is 0 Å². The van der Waals surface area contributed by atoms with Gasteiger partial charge in [0.05, 0.1) is 12.8 Å². The maximum absolute atomic E-state index is 5.77. The number of aromatic nitrogens is 3. The van der Waals surface area contributed by atoms with Crippen molar-refractivity contribution in [1.82, 2.24) is 15.2 Å². The van der Waals surface area contributed by atoms with E-state index in [1.54, 1.807) is 13.3 Å². The Balaban J connectivity index is 1.60. The number of para-hydroxylation sites is 1. The highest BCUT2D eigenvalue weighted by molar-refractivity contribution is 5.57. The van der Waals surface area contributed by atoms with E-state index in [0.717, 1.165) is 17.2 Å². The molecular weight excluding hydrogens is 318 g/mol. The van der Waals surface area contributed by atoms with E-state index >= 15 is 0 Å². The molecule has 0 spiro atoms. The van der Waals surface area contributed by atoms with Gasteiger partial charge in [-0.2, -0.15) is 10.1 Å². The van der Waals surface area contributed by atoms with Crippen molar-refractivity contribution in [2.24, 2.45) is 0 Å². The fourth-order valence-corrected chi connectivity index (χ4v) is 2.08. The SMILES string of the molecule is COCCNc1nncc(Nc2ccc(Oc3ccccc3)cc2)n1. The minimum absolute atomic E-state index is 0.450. The van der Waals surface area contributed by atoms with E-state index in [4.69, 9.17) is 9.47 Å². The number of ether oxygens (including phenoxy) is 2. The van der Waals surface area contributed by atoms with E-state index in [1.807, 2.05) is 54.6 Å². The van der Waals surface area contributed by atoms with E-state index < -0.39 is 0 Å². The Kier molecular flexibility index (Phi) is 5.73. The molecule has 0 fully saturated rings. The maximum atomic E-state index is 5.77. The molecule has 1 heterocycles. The van der Waals surface area contributed by atoms with Gasteiger partial charge in [-0.15, -0.1) is 5.10 Å². The largest absolute Gasteiger partial charge is 0.457 e. The number of hydrogen-bond donors (Lipinski definition) is 2. The van der Waals surface area contributed by atoms with Gasteiger partial charge in [0.25, 0.3) is 0 Å². The zero-order valence-electron chi connectivity index (χ0n) is 13.8. The van der Waals surface area contributed by atoms with E-state index in [1.165, 1.54) is 0 Å². The molecule has 25 heavy (non-hydrogen) atoms. The molecular formula is C18H19N5O2. The van der Waals surface area contributed by atoms with E-state index in [9.17, 15) is 0 Å². The Morgan fingerprint density at radius 2 is 1.72 bits per heavy atom. The molecule has 2 aromatic carbocycles. The summed E-state index contributed by atoms with van der Waals surface area (Å²) in [6.45, 7) is 1.19. The highest BCUT2D eigenvalue weighted by Gasteiger charge is 2.02. The number of nitrogens with one attached hydrogen (secondary N) is 2. The Hall–Kier alpha value is -3.19. The van der Waals surface area contributed by atoms with Gasteiger partial charge in [-0.05, 0) is 36.4 Å². The fraction of sp³-hybridized carbons (Fsp3) is 0.167. The van der Waals surface area contributed by atoms with Gasteiger partial charge in [-0.1, -0.05) is 18.2 Å². The number of benzene rings is 2. The lowest BCUT2D eigenvalue weighted by Gasteiger charge is -2.09. The number of hydrogen-bond acceptors (Lipinski definition) is 7. The van der Waals surface area contributed by atoms with Crippen molar-refractivity contribution in [3.63, 3.8) is 0 Å². The summed E-state index contributed by atoms with van der Waals surface area (Å²) in [5, 5.41) is 14.1. The molecule has 2 N–H and O–H groups in total. The highest BCUT2D eigenvalue weighted by Crippen LogP contribution is 2.23. The summed E-state index contributed by atoms with van der Waals surface area (Å²) in [6.07, 6.45) is 1.57. The predicted molar refractivity (Wildman–Crippen MR) is 96.4 cm³/mol. The lowest BCUT2D eigenvalue weighted by Crippen LogP contribution is -2.11. The van der Waals surface area contributed by atoms with E-state index in [0.29, 0.717) is 24.9 Å². The number of nitrogens with zero attached hydrogens (tertiary/aromatic N) is 3. The lowest BCUT2D eigenvalue weighted by atomic mass is 10.3. The Morgan fingerprint density at radius 3 is 2.48 bits per heavy atom. The van der Waals surface area contributed by atoms with Crippen LogP contribution in [0.3, 0.4) is 0 Å². The molecule has 0 radical (unpaired) electrons. The summed E-state index contributed by atoms with van der Waals surface area (Å²) in [7, 11) is 1.64. The number of anilines is 3. The van der Waals surface area contributed by atoms with E-state index in [2.05, 4.69) is 25.8 Å². The van der Waals surface area contributed by atoms with Crippen LogP contribution in [-0.4, -0.2) is 35.4 Å². The Bertz CT molecular complexity index is 781.